The highest BCUT2D eigenvalue weighted by Crippen LogP contribution is 2.34. The van der Waals surface area contributed by atoms with Crippen LogP contribution in [0.15, 0.2) is 126 Å². The average molecular weight is 422 g/mol. The number of carbonyl (C=O) groups excluding carboxylic acids is 1. The average Bonchev–Trinajstić information content (AvgIpc) is 2.86. The van der Waals surface area contributed by atoms with E-state index in [9.17, 15) is 4.79 Å². The molecule has 0 radical (unpaired) electrons. The molecule has 0 unspecified atom stereocenters. The van der Waals surface area contributed by atoms with Gasteiger partial charge in [-0.3, -0.25) is 4.79 Å². The van der Waals surface area contributed by atoms with Crippen LogP contribution in [0.25, 0.3) is 0 Å². The van der Waals surface area contributed by atoms with Crippen molar-refractivity contribution >= 4 is 30.1 Å². The predicted octanol–water partition coefficient (Wildman–Crippen LogP) is 4.95. The first kappa shape index (κ1) is 20.7. The highest BCUT2D eigenvalue weighted by molar-refractivity contribution is 7.73. The summed E-state index contributed by atoms with van der Waals surface area (Å²) in [5.74, 6) is -0.210. The number of hydrazone groups is 1. The van der Waals surface area contributed by atoms with E-state index in [1.54, 1.807) is 12.1 Å². The lowest BCUT2D eigenvalue weighted by atomic mass is 10.1. The molecule has 0 aliphatic rings. The molecule has 0 fully saturated rings. The van der Waals surface area contributed by atoms with Gasteiger partial charge in [0.15, 0.2) is 0 Å². The number of nitrogens with zero attached hydrogens (tertiary/aromatic N) is 1. The molecule has 1 N–H and O–H groups in total. The van der Waals surface area contributed by atoms with E-state index in [2.05, 4.69) is 59.1 Å². The lowest BCUT2D eigenvalue weighted by Gasteiger charge is -2.20. The van der Waals surface area contributed by atoms with E-state index < -0.39 is 7.92 Å². The molecule has 0 atom stereocenters. The van der Waals surface area contributed by atoms with Gasteiger partial charge < -0.3 is 0 Å². The van der Waals surface area contributed by atoms with Gasteiger partial charge in [0.2, 0.25) is 0 Å². The molecule has 4 heteroatoms. The molecule has 4 rings (SSSR count). The Bertz CT molecular complexity index is 1090. The van der Waals surface area contributed by atoms with Crippen molar-refractivity contribution in [1.29, 1.82) is 0 Å². The van der Waals surface area contributed by atoms with E-state index in [4.69, 9.17) is 0 Å². The largest absolute Gasteiger partial charge is 0.271 e. The summed E-state index contributed by atoms with van der Waals surface area (Å²) in [4.78, 5) is 12.6. The Morgan fingerprint density at radius 3 is 1.52 bits per heavy atom. The standard InChI is InChI=1S/C27H23N2OP/c30-27(23-15-7-2-8-16-23)29-28-26(22-13-5-1-6-14-22)21-31(24-17-9-3-10-18-24)25-19-11-4-12-20-25/h1-20H,21H2,(H,29,30)/b28-26-. The van der Waals surface area contributed by atoms with Gasteiger partial charge in [-0.05, 0) is 36.2 Å². The van der Waals surface area contributed by atoms with Crippen LogP contribution in [0.2, 0.25) is 0 Å². The molecule has 4 aromatic carbocycles. The van der Waals surface area contributed by atoms with Gasteiger partial charge in [0.05, 0.1) is 5.71 Å². The number of rotatable bonds is 7. The van der Waals surface area contributed by atoms with Crippen molar-refractivity contribution in [2.45, 2.75) is 0 Å². The maximum Gasteiger partial charge on any atom is 0.271 e. The summed E-state index contributed by atoms with van der Waals surface area (Å²) in [5, 5.41) is 7.15. The van der Waals surface area contributed by atoms with Gasteiger partial charge in [-0.25, -0.2) is 5.43 Å². The molecule has 3 nitrogen and oxygen atoms in total. The SMILES string of the molecule is O=C(N/N=C(/CP(c1ccccc1)c1ccccc1)c1ccccc1)c1ccccc1. The summed E-state index contributed by atoms with van der Waals surface area (Å²) in [7, 11) is -0.681. The highest BCUT2D eigenvalue weighted by Gasteiger charge is 2.18. The smallest absolute Gasteiger partial charge is 0.267 e. The van der Waals surface area contributed by atoms with Gasteiger partial charge >= 0.3 is 0 Å². The van der Waals surface area contributed by atoms with E-state index in [0.717, 1.165) is 17.4 Å². The number of carbonyl (C=O) groups is 1. The van der Waals surface area contributed by atoms with Gasteiger partial charge in [-0.2, -0.15) is 5.10 Å². The van der Waals surface area contributed by atoms with Gasteiger partial charge in [0.1, 0.15) is 0 Å². The van der Waals surface area contributed by atoms with Crippen LogP contribution in [0.3, 0.4) is 0 Å². The fourth-order valence-corrected chi connectivity index (χ4v) is 5.57. The third-order valence-corrected chi connectivity index (χ3v) is 7.34. The third kappa shape index (κ3) is 5.53. The molecule has 0 spiro atoms. The van der Waals surface area contributed by atoms with Crippen LogP contribution in [0.1, 0.15) is 15.9 Å². The summed E-state index contributed by atoms with van der Waals surface area (Å²) in [5.41, 5.74) is 5.23. The molecule has 31 heavy (non-hydrogen) atoms. The molecule has 4 aromatic rings. The lowest BCUT2D eigenvalue weighted by molar-refractivity contribution is 0.0955. The first-order valence-electron chi connectivity index (χ1n) is 10.2. The number of hydrogen-bond donors (Lipinski definition) is 1. The molecule has 0 saturated carbocycles. The van der Waals surface area contributed by atoms with Crippen molar-refractivity contribution < 1.29 is 4.79 Å². The summed E-state index contributed by atoms with van der Waals surface area (Å²) >= 11 is 0. The second-order valence-corrected chi connectivity index (χ2v) is 9.19. The normalized spacial score (nSPS) is 11.3. The van der Waals surface area contributed by atoms with E-state index in [1.165, 1.54) is 10.6 Å². The lowest BCUT2D eigenvalue weighted by Crippen LogP contribution is -2.24. The predicted molar refractivity (Wildman–Crippen MR) is 131 cm³/mol. The fraction of sp³-hybridized carbons (Fsp3) is 0.0370. The van der Waals surface area contributed by atoms with E-state index >= 15 is 0 Å². The van der Waals surface area contributed by atoms with Crippen LogP contribution in [0, 0.1) is 0 Å². The van der Waals surface area contributed by atoms with E-state index in [-0.39, 0.29) is 5.91 Å². The van der Waals surface area contributed by atoms with Crippen molar-refractivity contribution in [1.82, 2.24) is 5.43 Å². The third-order valence-electron chi connectivity index (χ3n) is 4.88. The Balaban J connectivity index is 1.68. The van der Waals surface area contributed by atoms with Crippen LogP contribution in [-0.2, 0) is 0 Å². The van der Waals surface area contributed by atoms with E-state index in [0.29, 0.717) is 5.56 Å². The second-order valence-electron chi connectivity index (χ2n) is 6.99. The Hall–Kier alpha value is -3.55. The topological polar surface area (TPSA) is 41.5 Å². The zero-order valence-electron chi connectivity index (χ0n) is 17.1. The first-order valence-corrected chi connectivity index (χ1v) is 11.7. The molecular weight excluding hydrogens is 399 g/mol. The molecule has 1 amide bonds. The Morgan fingerprint density at radius 1 is 0.613 bits per heavy atom. The fourth-order valence-electron chi connectivity index (χ4n) is 3.29. The Kier molecular flexibility index (Phi) is 7.00. The quantitative estimate of drug-likeness (QED) is 0.255. The Labute approximate surface area is 184 Å². The second kappa shape index (κ2) is 10.5. The van der Waals surface area contributed by atoms with Crippen LogP contribution < -0.4 is 16.0 Å². The minimum atomic E-state index is -0.681. The minimum absolute atomic E-state index is 0.210. The molecule has 152 valence electrons. The number of benzene rings is 4. The minimum Gasteiger partial charge on any atom is -0.267 e. The van der Waals surface area contributed by atoms with Crippen LogP contribution >= 0.6 is 7.92 Å². The van der Waals surface area contributed by atoms with E-state index in [1.807, 2.05) is 60.7 Å². The molecule has 0 bridgehead atoms. The number of nitrogens with one attached hydrogen (secondary N) is 1. The van der Waals surface area contributed by atoms with Crippen molar-refractivity contribution in [2.75, 3.05) is 6.16 Å². The summed E-state index contributed by atoms with van der Waals surface area (Å²) in [6.45, 7) is 0. The van der Waals surface area contributed by atoms with Crippen molar-refractivity contribution in [3.63, 3.8) is 0 Å². The van der Waals surface area contributed by atoms with Crippen LogP contribution in [-0.4, -0.2) is 17.8 Å². The van der Waals surface area contributed by atoms with Gasteiger partial charge in [-0.15, -0.1) is 0 Å². The van der Waals surface area contributed by atoms with Gasteiger partial charge in [-0.1, -0.05) is 109 Å². The summed E-state index contributed by atoms with van der Waals surface area (Å²) in [6, 6.07) is 40.3. The number of amides is 1. The molecule has 0 saturated heterocycles. The van der Waals surface area contributed by atoms with Crippen molar-refractivity contribution in [3.05, 3.63) is 132 Å². The summed E-state index contributed by atoms with van der Waals surface area (Å²) in [6.07, 6.45) is 0.725. The van der Waals surface area contributed by atoms with Crippen molar-refractivity contribution in [2.24, 2.45) is 5.10 Å². The monoisotopic (exact) mass is 422 g/mol. The molecule has 0 aromatic heterocycles. The number of hydrogen-bond acceptors (Lipinski definition) is 2. The molecule has 0 heterocycles. The maximum absolute atomic E-state index is 12.6. The first-order chi connectivity index (χ1) is 15.3. The summed E-state index contributed by atoms with van der Waals surface area (Å²) < 4.78 is 0. The maximum atomic E-state index is 12.6. The highest BCUT2D eigenvalue weighted by atomic mass is 31.1. The molecule has 0 aliphatic heterocycles. The van der Waals surface area contributed by atoms with Crippen LogP contribution in [0.4, 0.5) is 0 Å². The molecule has 0 aliphatic carbocycles. The zero-order chi connectivity index (χ0) is 21.3. The van der Waals surface area contributed by atoms with Gasteiger partial charge in [0, 0.05) is 11.7 Å². The van der Waals surface area contributed by atoms with Gasteiger partial charge in [0.25, 0.3) is 5.91 Å². The molecular formula is C27H23N2OP. The van der Waals surface area contributed by atoms with Crippen molar-refractivity contribution in [3.8, 4) is 0 Å². The van der Waals surface area contributed by atoms with Crippen LogP contribution in [0.5, 0.6) is 0 Å². The Morgan fingerprint density at radius 2 is 1.03 bits per heavy atom. The zero-order valence-corrected chi connectivity index (χ0v) is 18.0.